The standard InChI is InChI=1S/C11H21N3O2S/c1-2-14(17(15,16)8-7-12)11-6-4-3-5-10(11)9-13/h10-11H,2-6,8-9,13H2,1H3. The van der Waals surface area contributed by atoms with Crippen molar-refractivity contribution in [1.82, 2.24) is 4.31 Å². The number of nitriles is 1. The van der Waals surface area contributed by atoms with Crippen LogP contribution >= 0.6 is 0 Å². The molecule has 0 bridgehead atoms. The third-order valence-corrected chi connectivity index (χ3v) is 5.20. The molecule has 1 aliphatic carbocycles. The van der Waals surface area contributed by atoms with Crippen molar-refractivity contribution < 1.29 is 8.42 Å². The Morgan fingerprint density at radius 1 is 1.41 bits per heavy atom. The minimum absolute atomic E-state index is 0.0166. The van der Waals surface area contributed by atoms with Gasteiger partial charge < -0.3 is 5.73 Å². The Kier molecular flexibility index (Phi) is 5.37. The smallest absolute Gasteiger partial charge is 0.227 e. The van der Waals surface area contributed by atoms with Gasteiger partial charge in [-0.15, -0.1) is 0 Å². The van der Waals surface area contributed by atoms with Crippen LogP contribution in [0, 0.1) is 17.2 Å². The molecule has 1 rings (SSSR count). The van der Waals surface area contributed by atoms with Gasteiger partial charge in [0.05, 0.1) is 6.07 Å². The molecular weight excluding hydrogens is 238 g/mol. The third-order valence-electron chi connectivity index (χ3n) is 3.46. The zero-order valence-corrected chi connectivity index (χ0v) is 11.1. The lowest BCUT2D eigenvalue weighted by Crippen LogP contribution is -2.48. The highest BCUT2D eigenvalue weighted by Gasteiger charge is 2.34. The summed E-state index contributed by atoms with van der Waals surface area (Å²) < 4.78 is 25.4. The van der Waals surface area contributed by atoms with Crippen molar-refractivity contribution >= 4 is 10.0 Å². The topological polar surface area (TPSA) is 87.2 Å². The van der Waals surface area contributed by atoms with Gasteiger partial charge in [-0.05, 0) is 25.3 Å². The van der Waals surface area contributed by atoms with Gasteiger partial charge in [0.1, 0.15) is 0 Å². The van der Waals surface area contributed by atoms with Crippen molar-refractivity contribution in [1.29, 1.82) is 5.26 Å². The van der Waals surface area contributed by atoms with E-state index >= 15 is 0 Å². The number of hydrogen-bond acceptors (Lipinski definition) is 4. The van der Waals surface area contributed by atoms with E-state index in [0.29, 0.717) is 13.1 Å². The van der Waals surface area contributed by atoms with Crippen LogP contribution in [0.25, 0.3) is 0 Å². The van der Waals surface area contributed by atoms with E-state index in [0.717, 1.165) is 25.7 Å². The lowest BCUT2D eigenvalue weighted by Gasteiger charge is -2.37. The largest absolute Gasteiger partial charge is 0.330 e. The normalized spacial score (nSPS) is 25.8. The van der Waals surface area contributed by atoms with Crippen LogP contribution in [0.15, 0.2) is 0 Å². The average molecular weight is 259 g/mol. The van der Waals surface area contributed by atoms with E-state index in [1.807, 2.05) is 6.92 Å². The second kappa shape index (κ2) is 6.34. The SMILES string of the molecule is CCN(C1CCCCC1CN)S(=O)(=O)CC#N. The molecule has 1 aliphatic rings. The van der Waals surface area contributed by atoms with Crippen molar-refractivity contribution in [2.75, 3.05) is 18.8 Å². The maximum atomic E-state index is 12.0. The highest BCUT2D eigenvalue weighted by Crippen LogP contribution is 2.29. The highest BCUT2D eigenvalue weighted by molar-refractivity contribution is 7.89. The molecule has 6 heteroatoms. The average Bonchev–Trinajstić information content (AvgIpc) is 2.30. The molecule has 98 valence electrons. The first kappa shape index (κ1) is 14.4. The second-order valence-corrected chi connectivity index (χ2v) is 6.39. The number of sulfonamides is 1. The molecule has 0 aliphatic heterocycles. The van der Waals surface area contributed by atoms with Crippen LogP contribution in [-0.4, -0.2) is 37.6 Å². The molecule has 2 atom stereocenters. The first-order valence-electron chi connectivity index (χ1n) is 6.13. The van der Waals surface area contributed by atoms with E-state index in [2.05, 4.69) is 0 Å². The molecule has 0 aromatic carbocycles. The Morgan fingerprint density at radius 3 is 2.59 bits per heavy atom. The van der Waals surface area contributed by atoms with Gasteiger partial charge in [0.15, 0.2) is 5.75 Å². The summed E-state index contributed by atoms with van der Waals surface area (Å²) in [6, 6.07) is 1.72. The van der Waals surface area contributed by atoms with Gasteiger partial charge in [0, 0.05) is 12.6 Å². The lowest BCUT2D eigenvalue weighted by molar-refractivity contribution is 0.188. The Bertz CT molecular complexity index is 375. The van der Waals surface area contributed by atoms with Crippen LogP contribution in [0.3, 0.4) is 0 Å². The lowest BCUT2D eigenvalue weighted by atomic mass is 9.84. The van der Waals surface area contributed by atoms with E-state index in [1.54, 1.807) is 6.07 Å². The van der Waals surface area contributed by atoms with E-state index in [-0.39, 0.29) is 12.0 Å². The number of hydrogen-bond donors (Lipinski definition) is 1. The Morgan fingerprint density at radius 2 is 2.06 bits per heavy atom. The van der Waals surface area contributed by atoms with Gasteiger partial charge in [-0.25, -0.2) is 8.42 Å². The molecule has 1 saturated carbocycles. The van der Waals surface area contributed by atoms with Crippen molar-refractivity contribution in [2.24, 2.45) is 11.7 Å². The second-order valence-electron chi connectivity index (χ2n) is 4.47. The minimum Gasteiger partial charge on any atom is -0.330 e. The molecule has 0 aromatic rings. The Balaban J connectivity index is 2.89. The monoisotopic (exact) mass is 259 g/mol. The van der Waals surface area contributed by atoms with Crippen LogP contribution in [0.4, 0.5) is 0 Å². The highest BCUT2D eigenvalue weighted by atomic mass is 32.2. The van der Waals surface area contributed by atoms with Crippen LogP contribution in [-0.2, 0) is 10.0 Å². The minimum atomic E-state index is -3.45. The molecule has 0 amide bonds. The van der Waals surface area contributed by atoms with Crippen LogP contribution in [0.5, 0.6) is 0 Å². The molecule has 2 unspecified atom stereocenters. The maximum Gasteiger partial charge on any atom is 0.227 e. The number of rotatable bonds is 5. The van der Waals surface area contributed by atoms with Gasteiger partial charge in [-0.3, -0.25) is 0 Å². The van der Waals surface area contributed by atoms with E-state index in [9.17, 15) is 8.42 Å². The summed E-state index contributed by atoms with van der Waals surface area (Å²) in [6.07, 6.45) is 4.01. The zero-order chi connectivity index (χ0) is 12.9. The predicted molar refractivity (Wildman–Crippen MR) is 66.6 cm³/mol. The molecule has 2 N–H and O–H groups in total. The van der Waals surface area contributed by atoms with Gasteiger partial charge in [-0.2, -0.15) is 9.57 Å². The maximum absolute atomic E-state index is 12.0. The van der Waals surface area contributed by atoms with Gasteiger partial charge >= 0.3 is 0 Å². The molecule has 0 spiro atoms. The van der Waals surface area contributed by atoms with Gasteiger partial charge in [0.2, 0.25) is 10.0 Å². The summed E-state index contributed by atoms with van der Waals surface area (Å²) in [5.74, 6) is -0.202. The summed E-state index contributed by atoms with van der Waals surface area (Å²) in [5.41, 5.74) is 5.72. The molecule has 0 radical (unpaired) electrons. The quantitative estimate of drug-likeness (QED) is 0.786. The first-order valence-corrected chi connectivity index (χ1v) is 7.74. The van der Waals surface area contributed by atoms with Crippen LogP contribution in [0.1, 0.15) is 32.6 Å². The molecule has 0 aromatic heterocycles. The third kappa shape index (κ3) is 3.41. The summed E-state index contributed by atoms with van der Waals surface area (Å²) in [4.78, 5) is 0. The summed E-state index contributed by atoms with van der Waals surface area (Å²) >= 11 is 0. The van der Waals surface area contributed by atoms with E-state index in [1.165, 1.54) is 4.31 Å². The molecule has 17 heavy (non-hydrogen) atoms. The summed E-state index contributed by atoms with van der Waals surface area (Å²) in [5, 5.41) is 8.59. The summed E-state index contributed by atoms with van der Waals surface area (Å²) in [7, 11) is -3.45. The number of nitrogens with two attached hydrogens (primary N) is 1. The molecule has 5 nitrogen and oxygen atoms in total. The summed E-state index contributed by atoms with van der Waals surface area (Å²) in [6.45, 7) is 2.76. The van der Waals surface area contributed by atoms with Crippen molar-refractivity contribution in [3.63, 3.8) is 0 Å². The fraction of sp³-hybridized carbons (Fsp3) is 0.909. The van der Waals surface area contributed by atoms with Gasteiger partial charge in [-0.1, -0.05) is 19.8 Å². The predicted octanol–water partition coefficient (Wildman–Crippen LogP) is 0.679. The molecule has 0 heterocycles. The number of nitrogens with zero attached hydrogens (tertiary/aromatic N) is 2. The molecule has 1 fully saturated rings. The van der Waals surface area contributed by atoms with Crippen molar-refractivity contribution in [2.45, 2.75) is 38.6 Å². The molecular formula is C11H21N3O2S. The van der Waals surface area contributed by atoms with Crippen molar-refractivity contribution in [3.8, 4) is 6.07 Å². The zero-order valence-electron chi connectivity index (χ0n) is 10.3. The molecule has 0 saturated heterocycles. The van der Waals surface area contributed by atoms with E-state index in [4.69, 9.17) is 11.0 Å². The van der Waals surface area contributed by atoms with Crippen molar-refractivity contribution in [3.05, 3.63) is 0 Å². The first-order chi connectivity index (χ1) is 8.06. The van der Waals surface area contributed by atoms with Crippen LogP contribution < -0.4 is 5.73 Å². The fourth-order valence-corrected chi connectivity index (χ4v) is 4.06. The Hall–Kier alpha value is -0.640. The van der Waals surface area contributed by atoms with Gasteiger partial charge in [0.25, 0.3) is 0 Å². The Labute approximate surface area is 104 Å². The van der Waals surface area contributed by atoms with Crippen LogP contribution in [0.2, 0.25) is 0 Å². The fourth-order valence-electron chi connectivity index (χ4n) is 2.64. The van der Waals surface area contributed by atoms with E-state index < -0.39 is 15.8 Å².